The lowest BCUT2D eigenvalue weighted by molar-refractivity contribution is -0.385. The van der Waals surface area contributed by atoms with E-state index in [1.165, 1.54) is 26.4 Å². The van der Waals surface area contributed by atoms with Gasteiger partial charge in [0.1, 0.15) is 12.2 Å². The zero-order chi connectivity index (χ0) is 19.1. The number of hydrogen-bond acceptors (Lipinski definition) is 7. The topological polar surface area (TPSA) is 103 Å². The summed E-state index contributed by atoms with van der Waals surface area (Å²) in [5, 5.41) is 14.6. The maximum Gasteiger partial charge on any atom is 0.286 e. The molecule has 1 amide bonds. The quantitative estimate of drug-likeness (QED) is 0.399. The van der Waals surface area contributed by atoms with E-state index in [0.29, 0.717) is 25.6 Å². The van der Waals surface area contributed by atoms with Gasteiger partial charge in [-0.05, 0) is 25.9 Å². The fourth-order valence-corrected chi connectivity index (χ4v) is 3.02. The van der Waals surface area contributed by atoms with Crippen LogP contribution in [-0.2, 0) is 4.74 Å². The summed E-state index contributed by atoms with van der Waals surface area (Å²) in [7, 11) is 4.82. The minimum absolute atomic E-state index is 0.0102. The van der Waals surface area contributed by atoms with E-state index in [-0.39, 0.29) is 35.3 Å². The van der Waals surface area contributed by atoms with Crippen molar-refractivity contribution >= 4 is 11.6 Å². The predicted octanol–water partition coefficient (Wildman–Crippen LogP) is 1.31. The van der Waals surface area contributed by atoms with Crippen molar-refractivity contribution in [3.05, 3.63) is 27.8 Å². The monoisotopic (exact) mass is 367 g/mol. The molecule has 9 heteroatoms. The van der Waals surface area contributed by atoms with Crippen molar-refractivity contribution in [2.45, 2.75) is 6.42 Å². The standard InChI is InChI=1S/C17H25N3O6/c1-18-10-12-4-5-19(11-12)17(21)13-8-15(25-3)16(26-7-6-24-2)9-14(13)20(22)23/h8-9,12,18H,4-7,10-11H2,1-3H3. The molecule has 0 spiro atoms. The number of carbonyl (C=O) groups is 1. The summed E-state index contributed by atoms with van der Waals surface area (Å²) in [6.45, 7) is 2.51. The second kappa shape index (κ2) is 9.35. The Balaban J connectivity index is 2.29. The van der Waals surface area contributed by atoms with Crippen molar-refractivity contribution in [3.63, 3.8) is 0 Å². The highest BCUT2D eigenvalue weighted by Gasteiger charge is 2.32. The molecule has 1 aliphatic heterocycles. The van der Waals surface area contributed by atoms with Gasteiger partial charge in [0.25, 0.3) is 11.6 Å². The number of rotatable bonds is 9. The number of amides is 1. The van der Waals surface area contributed by atoms with Crippen molar-refractivity contribution in [2.24, 2.45) is 5.92 Å². The van der Waals surface area contributed by atoms with E-state index in [2.05, 4.69) is 5.32 Å². The molecule has 1 atom stereocenters. The minimum Gasteiger partial charge on any atom is -0.493 e. The maximum absolute atomic E-state index is 12.8. The van der Waals surface area contributed by atoms with Gasteiger partial charge in [0.2, 0.25) is 0 Å². The Morgan fingerprint density at radius 1 is 1.35 bits per heavy atom. The average Bonchev–Trinajstić information content (AvgIpc) is 3.09. The number of hydrogen-bond donors (Lipinski definition) is 1. The first-order chi connectivity index (χ1) is 12.5. The number of benzene rings is 1. The van der Waals surface area contributed by atoms with Crippen LogP contribution in [0.4, 0.5) is 5.69 Å². The van der Waals surface area contributed by atoms with E-state index < -0.39 is 4.92 Å². The molecule has 26 heavy (non-hydrogen) atoms. The van der Waals surface area contributed by atoms with Crippen LogP contribution >= 0.6 is 0 Å². The average molecular weight is 367 g/mol. The summed E-state index contributed by atoms with van der Waals surface area (Å²) < 4.78 is 15.6. The van der Waals surface area contributed by atoms with Gasteiger partial charge in [-0.15, -0.1) is 0 Å². The van der Waals surface area contributed by atoms with E-state index in [0.717, 1.165) is 13.0 Å². The molecule has 0 saturated carbocycles. The number of nitrogens with zero attached hydrogens (tertiary/aromatic N) is 2. The molecule has 1 aromatic rings. The lowest BCUT2D eigenvalue weighted by atomic mass is 10.1. The van der Waals surface area contributed by atoms with Gasteiger partial charge in [-0.1, -0.05) is 0 Å². The molecule has 0 aliphatic carbocycles. The third-order valence-electron chi connectivity index (χ3n) is 4.32. The van der Waals surface area contributed by atoms with E-state index in [4.69, 9.17) is 14.2 Å². The smallest absolute Gasteiger partial charge is 0.286 e. The third kappa shape index (κ3) is 4.61. The Bertz CT molecular complexity index is 652. The number of methoxy groups -OCH3 is 2. The van der Waals surface area contributed by atoms with E-state index in [9.17, 15) is 14.9 Å². The molecular weight excluding hydrogens is 342 g/mol. The molecule has 0 radical (unpaired) electrons. The Morgan fingerprint density at radius 2 is 2.12 bits per heavy atom. The molecule has 1 unspecified atom stereocenters. The highest BCUT2D eigenvalue weighted by Crippen LogP contribution is 2.36. The lowest BCUT2D eigenvalue weighted by Gasteiger charge is -2.18. The van der Waals surface area contributed by atoms with Gasteiger partial charge in [0, 0.05) is 26.3 Å². The van der Waals surface area contributed by atoms with Crippen LogP contribution in [0.25, 0.3) is 0 Å². The molecule has 2 rings (SSSR count). The molecule has 1 saturated heterocycles. The van der Waals surface area contributed by atoms with Crippen molar-refractivity contribution in [1.82, 2.24) is 10.2 Å². The van der Waals surface area contributed by atoms with Crippen LogP contribution in [0.1, 0.15) is 16.8 Å². The molecule has 9 nitrogen and oxygen atoms in total. The Kier molecular flexibility index (Phi) is 7.16. The van der Waals surface area contributed by atoms with Crippen molar-refractivity contribution in [3.8, 4) is 11.5 Å². The Hall–Kier alpha value is -2.39. The molecule has 1 heterocycles. The predicted molar refractivity (Wildman–Crippen MR) is 95.0 cm³/mol. The van der Waals surface area contributed by atoms with Gasteiger partial charge in [0.15, 0.2) is 11.5 Å². The summed E-state index contributed by atoms with van der Waals surface area (Å²) in [6, 6.07) is 2.62. The first-order valence-electron chi connectivity index (χ1n) is 8.43. The van der Waals surface area contributed by atoms with E-state index in [1.54, 1.807) is 4.90 Å². The van der Waals surface area contributed by atoms with Crippen LogP contribution in [0.3, 0.4) is 0 Å². The molecule has 0 aromatic heterocycles. The number of carbonyl (C=O) groups excluding carboxylic acids is 1. The second-order valence-electron chi connectivity index (χ2n) is 6.08. The van der Waals surface area contributed by atoms with Crippen LogP contribution in [0, 0.1) is 16.0 Å². The van der Waals surface area contributed by atoms with Gasteiger partial charge in [-0.2, -0.15) is 0 Å². The summed E-state index contributed by atoms with van der Waals surface area (Å²) in [6.07, 6.45) is 0.871. The highest BCUT2D eigenvalue weighted by atomic mass is 16.6. The second-order valence-corrected chi connectivity index (χ2v) is 6.08. The first kappa shape index (κ1) is 19.9. The van der Waals surface area contributed by atoms with Crippen LogP contribution in [0.15, 0.2) is 12.1 Å². The lowest BCUT2D eigenvalue weighted by Crippen LogP contribution is -2.30. The normalized spacial score (nSPS) is 16.6. The summed E-state index contributed by atoms with van der Waals surface area (Å²) >= 11 is 0. The van der Waals surface area contributed by atoms with Crippen molar-refractivity contribution in [2.75, 3.05) is 54.1 Å². The number of nitro benzene ring substituents is 1. The minimum atomic E-state index is -0.572. The number of nitrogens with one attached hydrogen (secondary N) is 1. The zero-order valence-electron chi connectivity index (χ0n) is 15.3. The molecular formula is C17H25N3O6. The molecule has 1 aromatic carbocycles. The Morgan fingerprint density at radius 3 is 2.73 bits per heavy atom. The van der Waals surface area contributed by atoms with Gasteiger partial charge >= 0.3 is 0 Å². The molecule has 1 fully saturated rings. The fraction of sp³-hybridized carbons (Fsp3) is 0.588. The van der Waals surface area contributed by atoms with Gasteiger partial charge in [0.05, 0.1) is 24.7 Å². The van der Waals surface area contributed by atoms with E-state index in [1.807, 2.05) is 7.05 Å². The SMILES string of the molecule is CNCC1CCN(C(=O)c2cc(OC)c(OCCOC)cc2[N+](=O)[O-])C1. The summed E-state index contributed by atoms with van der Waals surface area (Å²) in [5.41, 5.74) is -0.281. The molecule has 0 bridgehead atoms. The fourth-order valence-electron chi connectivity index (χ4n) is 3.02. The van der Waals surface area contributed by atoms with Crippen LogP contribution in [0.2, 0.25) is 0 Å². The van der Waals surface area contributed by atoms with Crippen molar-refractivity contribution in [1.29, 1.82) is 0 Å². The highest BCUT2D eigenvalue weighted by molar-refractivity contribution is 5.99. The first-order valence-corrected chi connectivity index (χ1v) is 8.43. The molecule has 144 valence electrons. The van der Waals surface area contributed by atoms with Crippen molar-refractivity contribution < 1.29 is 23.9 Å². The molecule has 1 aliphatic rings. The largest absolute Gasteiger partial charge is 0.493 e. The molecule has 1 N–H and O–H groups in total. The van der Waals surface area contributed by atoms with Crippen LogP contribution < -0.4 is 14.8 Å². The van der Waals surface area contributed by atoms with Gasteiger partial charge in [-0.25, -0.2) is 0 Å². The number of nitro groups is 1. The zero-order valence-corrected chi connectivity index (χ0v) is 15.3. The van der Waals surface area contributed by atoms with Crippen LogP contribution in [0.5, 0.6) is 11.5 Å². The van der Waals surface area contributed by atoms with Gasteiger partial charge < -0.3 is 24.4 Å². The Labute approximate surface area is 152 Å². The number of likely N-dealkylation sites (tertiary alicyclic amines) is 1. The summed E-state index contributed by atoms with van der Waals surface area (Å²) in [5.74, 6) is 0.474. The van der Waals surface area contributed by atoms with E-state index >= 15 is 0 Å². The number of ether oxygens (including phenoxy) is 3. The van der Waals surface area contributed by atoms with Crippen LogP contribution in [-0.4, -0.2) is 69.8 Å². The maximum atomic E-state index is 12.8. The third-order valence-corrected chi connectivity index (χ3v) is 4.32. The summed E-state index contributed by atoms with van der Waals surface area (Å²) in [4.78, 5) is 25.4. The van der Waals surface area contributed by atoms with Gasteiger partial charge in [-0.3, -0.25) is 14.9 Å².